The highest BCUT2D eigenvalue weighted by molar-refractivity contribution is 6.33. The van der Waals surface area contributed by atoms with E-state index >= 15 is 0 Å². The molecule has 1 aromatic heterocycles. The number of amides is 1. The fourth-order valence-electron chi connectivity index (χ4n) is 2.92. The van der Waals surface area contributed by atoms with E-state index in [-0.39, 0.29) is 12.0 Å². The molecule has 2 fully saturated rings. The average Bonchev–Trinajstić information content (AvgIpc) is 2.55. The number of morpholine rings is 1. The molecule has 1 atom stereocenters. The van der Waals surface area contributed by atoms with Crippen molar-refractivity contribution < 1.29 is 9.53 Å². The van der Waals surface area contributed by atoms with Crippen LogP contribution in [0.4, 0.5) is 5.69 Å². The van der Waals surface area contributed by atoms with Crippen LogP contribution in [0, 0.1) is 0 Å². The van der Waals surface area contributed by atoms with Gasteiger partial charge in [-0.15, -0.1) is 0 Å². The minimum atomic E-state index is -0.324. The number of carbonyl (C=O) groups is 1. The molecule has 0 spiro atoms. The number of carbonyl (C=O) groups excluding carboxylic acids is 1. The van der Waals surface area contributed by atoms with E-state index in [0.717, 1.165) is 25.3 Å². The molecule has 3 heterocycles. The lowest BCUT2D eigenvalue weighted by molar-refractivity contribution is -0.149. The van der Waals surface area contributed by atoms with E-state index in [2.05, 4.69) is 14.8 Å². The molecule has 2 aliphatic heterocycles. The summed E-state index contributed by atoms with van der Waals surface area (Å²) in [6, 6.07) is 1.92. The molecule has 1 amide bonds. The molecule has 1 unspecified atom stereocenters. The van der Waals surface area contributed by atoms with Crippen LogP contribution in [0.5, 0.6) is 0 Å². The van der Waals surface area contributed by atoms with Gasteiger partial charge in [-0.2, -0.15) is 0 Å². The van der Waals surface area contributed by atoms with Crippen molar-refractivity contribution in [2.45, 2.75) is 6.10 Å². The Kier molecular flexibility index (Phi) is 4.81. The Bertz CT molecular complexity index is 534. The number of anilines is 1. The van der Waals surface area contributed by atoms with E-state index in [0.29, 0.717) is 31.3 Å². The van der Waals surface area contributed by atoms with Crippen LogP contribution in [-0.4, -0.2) is 79.7 Å². The normalized spacial score (nSPS) is 23.6. The predicted octanol–water partition coefficient (Wildman–Crippen LogP) is 0.714. The van der Waals surface area contributed by atoms with Gasteiger partial charge in [0.05, 0.1) is 17.3 Å². The first kappa shape index (κ1) is 15.5. The summed E-state index contributed by atoms with van der Waals surface area (Å²) in [6.07, 6.45) is 3.07. The first-order valence-electron chi connectivity index (χ1n) is 7.58. The molecule has 0 radical (unpaired) electrons. The summed E-state index contributed by atoms with van der Waals surface area (Å²) < 4.78 is 5.62. The van der Waals surface area contributed by atoms with Crippen LogP contribution < -0.4 is 4.90 Å². The number of hydrogen-bond acceptors (Lipinski definition) is 5. The monoisotopic (exact) mass is 324 g/mol. The Labute approximate surface area is 135 Å². The van der Waals surface area contributed by atoms with Crippen molar-refractivity contribution in [3.8, 4) is 0 Å². The van der Waals surface area contributed by atoms with Crippen molar-refractivity contribution in [2.24, 2.45) is 0 Å². The number of likely N-dealkylation sites (N-methyl/N-ethyl adjacent to an activating group) is 1. The zero-order valence-corrected chi connectivity index (χ0v) is 13.5. The van der Waals surface area contributed by atoms with Gasteiger partial charge in [-0.25, -0.2) is 0 Å². The largest absolute Gasteiger partial charge is 0.367 e. The molecular formula is C15H21ClN4O2. The Hall–Kier alpha value is -1.37. The number of nitrogens with zero attached hydrogens (tertiary/aromatic N) is 4. The maximum absolute atomic E-state index is 12.5. The van der Waals surface area contributed by atoms with E-state index in [9.17, 15) is 4.79 Å². The Balaban J connectivity index is 1.57. The Morgan fingerprint density at radius 1 is 1.32 bits per heavy atom. The second-order valence-corrected chi connectivity index (χ2v) is 6.17. The minimum absolute atomic E-state index is 0.104. The lowest BCUT2D eigenvalue weighted by atomic mass is 10.2. The number of hydrogen-bond donors (Lipinski definition) is 0. The predicted molar refractivity (Wildman–Crippen MR) is 85.3 cm³/mol. The molecule has 120 valence electrons. The van der Waals surface area contributed by atoms with Crippen LogP contribution in [0.2, 0.25) is 5.02 Å². The van der Waals surface area contributed by atoms with Gasteiger partial charge in [-0.1, -0.05) is 11.6 Å². The van der Waals surface area contributed by atoms with Gasteiger partial charge >= 0.3 is 0 Å². The van der Waals surface area contributed by atoms with Gasteiger partial charge in [-0.05, 0) is 13.1 Å². The first-order valence-corrected chi connectivity index (χ1v) is 7.96. The molecule has 2 aliphatic rings. The average molecular weight is 325 g/mol. The van der Waals surface area contributed by atoms with E-state index in [1.807, 2.05) is 18.0 Å². The second kappa shape index (κ2) is 6.81. The zero-order valence-electron chi connectivity index (χ0n) is 12.7. The highest BCUT2D eigenvalue weighted by Crippen LogP contribution is 2.25. The highest BCUT2D eigenvalue weighted by Gasteiger charge is 2.31. The highest BCUT2D eigenvalue weighted by atomic mass is 35.5. The molecule has 0 N–H and O–H groups in total. The van der Waals surface area contributed by atoms with Crippen molar-refractivity contribution in [3.63, 3.8) is 0 Å². The number of piperazine rings is 1. The summed E-state index contributed by atoms with van der Waals surface area (Å²) in [6.45, 7) is 5.13. The summed E-state index contributed by atoms with van der Waals surface area (Å²) in [5.41, 5.74) is 0.984. The summed E-state index contributed by atoms with van der Waals surface area (Å²) in [5, 5.41) is 0.652. The van der Waals surface area contributed by atoms with Crippen LogP contribution in [0.3, 0.4) is 0 Å². The first-order chi connectivity index (χ1) is 10.6. The number of rotatable bonds is 2. The molecule has 0 aliphatic carbocycles. The fourth-order valence-corrected chi connectivity index (χ4v) is 3.16. The van der Waals surface area contributed by atoms with Gasteiger partial charge < -0.3 is 19.4 Å². The molecule has 7 heteroatoms. The summed E-state index contributed by atoms with van der Waals surface area (Å²) in [5.74, 6) is 0.104. The van der Waals surface area contributed by atoms with Crippen molar-refractivity contribution in [2.75, 3.05) is 57.8 Å². The number of halogens is 1. The Morgan fingerprint density at radius 2 is 2.09 bits per heavy atom. The lowest BCUT2D eigenvalue weighted by Crippen LogP contribution is -2.55. The van der Waals surface area contributed by atoms with Crippen LogP contribution in [0.1, 0.15) is 0 Å². The van der Waals surface area contributed by atoms with Crippen LogP contribution in [0.25, 0.3) is 0 Å². The third kappa shape index (κ3) is 3.34. The maximum atomic E-state index is 12.5. The van der Waals surface area contributed by atoms with Crippen LogP contribution in [-0.2, 0) is 9.53 Å². The van der Waals surface area contributed by atoms with Gasteiger partial charge in [0, 0.05) is 51.7 Å². The quantitative estimate of drug-likeness (QED) is 0.802. The van der Waals surface area contributed by atoms with Crippen molar-refractivity contribution in [1.82, 2.24) is 14.8 Å². The molecule has 0 saturated carbocycles. The number of pyridine rings is 1. The van der Waals surface area contributed by atoms with E-state index in [1.165, 1.54) is 0 Å². The van der Waals surface area contributed by atoms with E-state index in [4.69, 9.17) is 16.3 Å². The third-order valence-corrected chi connectivity index (χ3v) is 4.52. The molecule has 3 rings (SSSR count). The van der Waals surface area contributed by atoms with E-state index < -0.39 is 0 Å². The summed E-state index contributed by atoms with van der Waals surface area (Å²) in [4.78, 5) is 22.8. The standard InChI is InChI=1S/C15H21ClN4O2/c1-18-8-9-22-14(11-18)15(21)20-6-4-19(5-7-20)13-2-3-17-10-12(13)16/h2-3,10,14H,4-9,11H2,1H3. The SMILES string of the molecule is CN1CCOC(C(=O)N2CCN(c3ccncc3Cl)CC2)C1. The lowest BCUT2D eigenvalue weighted by Gasteiger charge is -2.39. The molecule has 1 aromatic rings. The van der Waals surface area contributed by atoms with Gasteiger partial charge in [-0.3, -0.25) is 9.78 Å². The molecule has 6 nitrogen and oxygen atoms in total. The Morgan fingerprint density at radius 3 is 2.77 bits per heavy atom. The smallest absolute Gasteiger partial charge is 0.253 e. The van der Waals surface area contributed by atoms with Gasteiger partial charge in [0.1, 0.15) is 6.10 Å². The van der Waals surface area contributed by atoms with Crippen molar-refractivity contribution in [3.05, 3.63) is 23.5 Å². The van der Waals surface area contributed by atoms with Crippen LogP contribution in [0.15, 0.2) is 18.5 Å². The molecule has 2 saturated heterocycles. The molecule has 0 aromatic carbocycles. The summed E-state index contributed by atoms with van der Waals surface area (Å²) >= 11 is 6.18. The van der Waals surface area contributed by atoms with E-state index in [1.54, 1.807) is 12.4 Å². The van der Waals surface area contributed by atoms with Crippen molar-refractivity contribution >= 4 is 23.2 Å². The summed E-state index contributed by atoms with van der Waals surface area (Å²) in [7, 11) is 2.02. The number of aromatic nitrogens is 1. The second-order valence-electron chi connectivity index (χ2n) is 5.76. The van der Waals surface area contributed by atoms with Crippen molar-refractivity contribution in [1.29, 1.82) is 0 Å². The number of ether oxygens (including phenoxy) is 1. The molecule has 22 heavy (non-hydrogen) atoms. The maximum Gasteiger partial charge on any atom is 0.253 e. The molecular weight excluding hydrogens is 304 g/mol. The van der Waals surface area contributed by atoms with Gasteiger partial charge in [0.2, 0.25) is 0 Å². The van der Waals surface area contributed by atoms with Gasteiger partial charge in [0.15, 0.2) is 0 Å². The topological polar surface area (TPSA) is 48.9 Å². The third-order valence-electron chi connectivity index (χ3n) is 4.23. The molecule has 0 bridgehead atoms. The van der Waals surface area contributed by atoms with Gasteiger partial charge in [0.25, 0.3) is 5.91 Å². The zero-order chi connectivity index (χ0) is 15.5. The minimum Gasteiger partial charge on any atom is -0.367 e. The fraction of sp³-hybridized carbons (Fsp3) is 0.600. The van der Waals surface area contributed by atoms with Crippen LogP contribution >= 0.6 is 11.6 Å².